The maximum Gasteiger partial charge on any atom is 0.251 e. The Kier molecular flexibility index (Phi) is 10.1. The van der Waals surface area contributed by atoms with Crippen LogP contribution in [-0.2, 0) is 6.54 Å². The molecule has 25 heavy (non-hydrogen) atoms. The minimum Gasteiger partial charge on any atom is -0.399 e. The number of anilines is 1. The molecule has 2 aromatic carbocycles. The minimum absolute atomic E-state index is 0. The van der Waals surface area contributed by atoms with Gasteiger partial charge in [-0.25, -0.2) is 4.39 Å². The summed E-state index contributed by atoms with van der Waals surface area (Å²) in [4.78, 5) is 14.2. The van der Waals surface area contributed by atoms with Crippen LogP contribution in [0.3, 0.4) is 0 Å². The summed E-state index contributed by atoms with van der Waals surface area (Å²) in [5.74, 6) is -0.355. The lowest BCUT2D eigenvalue weighted by Gasteiger charge is -2.17. The van der Waals surface area contributed by atoms with E-state index in [9.17, 15) is 9.18 Å². The number of halogens is 3. The summed E-state index contributed by atoms with van der Waals surface area (Å²) >= 11 is 0. The summed E-state index contributed by atoms with van der Waals surface area (Å²) in [5.41, 5.74) is 8.84. The van der Waals surface area contributed by atoms with Gasteiger partial charge in [0, 0.05) is 30.9 Å². The van der Waals surface area contributed by atoms with E-state index in [1.807, 2.05) is 20.0 Å². The van der Waals surface area contributed by atoms with E-state index in [1.54, 1.807) is 24.3 Å². The van der Waals surface area contributed by atoms with E-state index in [1.165, 1.54) is 12.1 Å². The molecule has 0 atom stereocenters. The van der Waals surface area contributed by atoms with Crippen LogP contribution in [-0.4, -0.2) is 30.9 Å². The Morgan fingerprint density at radius 2 is 1.80 bits per heavy atom. The summed E-state index contributed by atoms with van der Waals surface area (Å²) in [6.07, 6.45) is 0. The molecule has 0 radical (unpaired) electrons. The Hall–Kier alpha value is -1.82. The monoisotopic (exact) mass is 387 g/mol. The second-order valence-corrected chi connectivity index (χ2v) is 5.69. The smallest absolute Gasteiger partial charge is 0.251 e. The van der Waals surface area contributed by atoms with Crippen molar-refractivity contribution in [2.45, 2.75) is 13.5 Å². The molecule has 2 rings (SSSR count). The number of nitrogens with zero attached hydrogens (tertiary/aromatic N) is 1. The zero-order valence-electron chi connectivity index (χ0n) is 14.3. The average Bonchev–Trinajstić information content (AvgIpc) is 2.52. The maximum absolute atomic E-state index is 12.9. The number of rotatable bonds is 6. The molecule has 0 unspecified atom stereocenters. The van der Waals surface area contributed by atoms with Gasteiger partial charge in [-0.1, -0.05) is 18.2 Å². The molecule has 0 aromatic heterocycles. The van der Waals surface area contributed by atoms with Crippen LogP contribution in [0.4, 0.5) is 10.1 Å². The predicted octanol–water partition coefficient (Wildman–Crippen LogP) is 3.42. The fraction of sp³-hybridized carbons (Fsp3) is 0.278. The summed E-state index contributed by atoms with van der Waals surface area (Å²) in [6, 6.07) is 11.7. The maximum atomic E-state index is 12.9. The highest BCUT2D eigenvalue weighted by Gasteiger charge is 2.09. The van der Waals surface area contributed by atoms with Crippen molar-refractivity contribution < 1.29 is 9.18 Å². The van der Waals surface area contributed by atoms with Gasteiger partial charge in [0.15, 0.2) is 0 Å². The molecule has 2 aromatic rings. The van der Waals surface area contributed by atoms with Crippen LogP contribution in [0.1, 0.15) is 21.5 Å². The number of carbonyl (C=O) groups excluding carboxylic acids is 1. The van der Waals surface area contributed by atoms with E-state index in [4.69, 9.17) is 5.73 Å². The van der Waals surface area contributed by atoms with Crippen LogP contribution in [0.25, 0.3) is 0 Å². The highest BCUT2D eigenvalue weighted by atomic mass is 35.5. The Labute approximate surface area is 160 Å². The number of hydrogen-bond donors (Lipinski definition) is 2. The number of nitrogens with two attached hydrogens (primary N) is 1. The van der Waals surface area contributed by atoms with Gasteiger partial charge in [-0.05, 0) is 49.4 Å². The summed E-state index contributed by atoms with van der Waals surface area (Å²) < 4.78 is 12.9. The SMILES string of the molecule is Cc1ccc(N)cc1C(=O)NCCN(C)Cc1ccc(F)cc1.Cl.Cl. The third kappa shape index (κ3) is 7.30. The lowest BCUT2D eigenvalue weighted by atomic mass is 10.1. The Balaban J connectivity index is 0.00000288. The fourth-order valence-electron chi connectivity index (χ4n) is 2.32. The van der Waals surface area contributed by atoms with E-state index in [0.717, 1.165) is 11.1 Å². The van der Waals surface area contributed by atoms with Crippen molar-refractivity contribution in [1.82, 2.24) is 10.2 Å². The number of nitrogens with one attached hydrogen (secondary N) is 1. The number of nitrogen functional groups attached to an aromatic ring is 1. The van der Waals surface area contributed by atoms with Crippen molar-refractivity contribution in [3.63, 3.8) is 0 Å². The first-order valence-electron chi connectivity index (χ1n) is 7.53. The van der Waals surface area contributed by atoms with Crippen LogP contribution in [0.5, 0.6) is 0 Å². The van der Waals surface area contributed by atoms with Crippen molar-refractivity contribution in [3.8, 4) is 0 Å². The van der Waals surface area contributed by atoms with Gasteiger partial charge in [0.05, 0.1) is 0 Å². The Morgan fingerprint density at radius 1 is 1.16 bits per heavy atom. The van der Waals surface area contributed by atoms with Crippen LogP contribution in [0, 0.1) is 12.7 Å². The number of hydrogen-bond acceptors (Lipinski definition) is 3. The van der Waals surface area contributed by atoms with E-state index in [2.05, 4.69) is 10.2 Å². The fourth-order valence-corrected chi connectivity index (χ4v) is 2.32. The standard InChI is InChI=1S/C18H22FN3O.2ClH/c1-13-3-8-16(20)11-17(13)18(23)21-9-10-22(2)12-14-4-6-15(19)7-5-14;;/h3-8,11H,9-10,12,20H2,1-2H3,(H,21,23);2*1H. The lowest BCUT2D eigenvalue weighted by Crippen LogP contribution is -2.33. The zero-order chi connectivity index (χ0) is 16.8. The number of likely N-dealkylation sites (N-methyl/N-ethyl adjacent to an activating group) is 1. The molecule has 0 saturated heterocycles. The average molecular weight is 388 g/mol. The minimum atomic E-state index is -0.235. The summed E-state index contributed by atoms with van der Waals surface area (Å²) in [6.45, 7) is 3.82. The first-order chi connectivity index (χ1) is 11.0. The topological polar surface area (TPSA) is 58.4 Å². The number of aryl methyl sites for hydroxylation is 1. The molecule has 0 heterocycles. The van der Waals surface area contributed by atoms with E-state index < -0.39 is 0 Å². The Morgan fingerprint density at radius 3 is 2.44 bits per heavy atom. The quantitative estimate of drug-likeness (QED) is 0.746. The molecule has 0 spiro atoms. The number of carbonyl (C=O) groups is 1. The third-order valence-corrected chi connectivity index (χ3v) is 3.65. The number of benzene rings is 2. The Bertz CT molecular complexity index is 681. The largest absolute Gasteiger partial charge is 0.399 e. The van der Waals surface area contributed by atoms with Gasteiger partial charge in [-0.2, -0.15) is 0 Å². The molecule has 0 aliphatic rings. The molecule has 1 amide bonds. The van der Waals surface area contributed by atoms with Crippen LogP contribution >= 0.6 is 24.8 Å². The molecular formula is C18H24Cl2FN3O. The molecule has 138 valence electrons. The molecule has 7 heteroatoms. The van der Waals surface area contributed by atoms with E-state index in [0.29, 0.717) is 30.9 Å². The van der Waals surface area contributed by atoms with Crippen molar-refractivity contribution in [1.29, 1.82) is 0 Å². The van der Waals surface area contributed by atoms with Crippen LogP contribution < -0.4 is 11.1 Å². The third-order valence-electron chi connectivity index (χ3n) is 3.65. The molecule has 0 aliphatic heterocycles. The van der Waals surface area contributed by atoms with Gasteiger partial charge in [0.25, 0.3) is 5.91 Å². The van der Waals surface area contributed by atoms with E-state index in [-0.39, 0.29) is 36.5 Å². The molecule has 0 fully saturated rings. The first-order valence-corrected chi connectivity index (χ1v) is 7.53. The van der Waals surface area contributed by atoms with Gasteiger partial charge < -0.3 is 16.0 Å². The second kappa shape index (κ2) is 10.9. The highest BCUT2D eigenvalue weighted by molar-refractivity contribution is 5.96. The molecular weight excluding hydrogens is 364 g/mol. The molecule has 0 aliphatic carbocycles. The van der Waals surface area contributed by atoms with Crippen molar-refractivity contribution >= 4 is 36.4 Å². The summed E-state index contributed by atoms with van der Waals surface area (Å²) in [7, 11) is 1.96. The van der Waals surface area contributed by atoms with Crippen molar-refractivity contribution in [3.05, 3.63) is 65.0 Å². The zero-order valence-corrected chi connectivity index (χ0v) is 15.9. The number of amides is 1. The van der Waals surface area contributed by atoms with Gasteiger partial charge in [0.2, 0.25) is 0 Å². The van der Waals surface area contributed by atoms with Gasteiger partial charge in [-0.3, -0.25) is 4.79 Å². The molecule has 0 bridgehead atoms. The van der Waals surface area contributed by atoms with Crippen molar-refractivity contribution in [2.24, 2.45) is 0 Å². The predicted molar refractivity (Wildman–Crippen MR) is 105 cm³/mol. The van der Waals surface area contributed by atoms with Gasteiger partial charge in [0.1, 0.15) is 5.82 Å². The highest BCUT2D eigenvalue weighted by Crippen LogP contribution is 2.12. The normalized spacial score (nSPS) is 9.92. The second-order valence-electron chi connectivity index (χ2n) is 5.69. The lowest BCUT2D eigenvalue weighted by molar-refractivity contribution is 0.0949. The van der Waals surface area contributed by atoms with Gasteiger partial charge in [-0.15, -0.1) is 24.8 Å². The summed E-state index contributed by atoms with van der Waals surface area (Å²) in [5, 5.41) is 2.90. The molecule has 3 N–H and O–H groups in total. The first kappa shape index (κ1) is 23.2. The van der Waals surface area contributed by atoms with Crippen LogP contribution in [0.2, 0.25) is 0 Å². The van der Waals surface area contributed by atoms with E-state index >= 15 is 0 Å². The van der Waals surface area contributed by atoms with Crippen LogP contribution in [0.15, 0.2) is 42.5 Å². The van der Waals surface area contributed by atoms with Crippen molar-refractivity contribution in [2.75, 3.05) is 25.9 Å². The molecule has 4 nitrogen and oxygen atoms in total. The molecule has 0 saturated carbocycles. The van der Waals surface area contributed by atoms with Gasteiger partial charge >= 0.3 is 0 Å².